The number of rotatable bonds is 5. The second kappa shape index (κ2) is 7.55. The number of benzene rings is 2. The van der Waals surface area contributed by atoms with Crippen molar-refractivity contribution in [2.75, 3.05) is 5.32 Å². The molecule has 0 spiro atoms. The Morgan fingerprint density at radius 2 is 1.74 bits per heavy atom. The molecule has 1 aliphatic heterocycles. The highest BCUT2D eigenvalue weighted by Crippen LogP contribution is 2.52. The maximum Gasteiger partial charge on any atom is 0.404 e. The van der Waals surface area contributed by atoms with Crippen molar-refractivity contribution in [2.24, 2.45) is 0 Å². The summed E-state index contributed by atoms with van der Waals surface area (Å²) < 4.78 is 24.3. The summed E-state index contributed by atoms with van der Waals surface area (Å²) in [5.41, 5.74) is 3.34. The lowest BCUT2D eigenvalue weighted by Crippen LogP contribution is -2.28. The summed E-state index contributed by atoms with van der Waals surface area (Å²) in [6, 6.07) is 11.3. The van der Waals surface area contributed by atoms with Gasteiger partial charge in [0.05, 0.1) is 16.7 Å². The van der Waals surface area contributed by atoms with Crippen molar-refractivity contribution < 1.29 is 28.6 Å². The van der Waals surface area contributed by atoms with Gasteiger partial charge < -0.3 is 19.9 Å². The number of anilines is 1. The van der Waals surface area contributed by atoms with Crippen LogP contribution in [0.5, 0.6) is 11.5 Å². The molecule has 2 aliphatic rings. The number of pyridine rings is 1. The number of fused-ring (bicyclic) bond motifs is 1. The number of ether oxygens (including phenoxy) is 2. The van der Waals surface area contributed by atoms with E-state index in [9.17, 15) is 19.1 Å². The van der Waals surface area contributed by atoms with Gasteiger partial charge in [0, 0.05) is 12.5 Å². The lowest BCUT2D eigenvalue weighted by atomic mass is 9.94. The molecule has 8 heteroatoms. The molecule has 3 aromatic rings. The molecule has 1 unspecified atom stereocenters. The molecule has 174 valence electrons. The van der Waals surface area contributed by atoms with E-state index in [1.54, 1.807) is 36.4 Å². The van der Waals surface area contributed by atoms with Crippen molar-refractivity contribution in [2.45, 2.75) is 45.1 Å². The first kappa shape index (κ1) is 21.9. The van der Waals surface area contributed by atoms with Gasteiger partial charge in [-0.25, -0.2) is 9.78 Å². The molecule has 5 rings (SSSR count). The molecule has 1 atom stereocenters. The third-order valence-corrected chi connectivity index (χ3v) is 6.33. The van der Waals surface area contributed by atoms with Gasteiger partial charge >= 0.3 is 12.0 Å². The van der Waals surface area contributed by atoms with E-state index < -0.39 is 17.4 Å². The van der Waals surface area contributed by atoms with Gasteiger partial charge in [-0.1, -0.05) is 18.2 Å². The highest BCUT2D eigenvalue weighted by molar-refractivity contribution is 6.01. The Labute approximate surface area is 195 Å². The van der Waals surface area contributed by atoms with Crippen LogP contribution in [-0.2, 0) is 10.2 Å². The zero-order chi connectivity index (χ0) is 24.3. The van der Waals surface area contributed by atoms with Crippen LogP contribution < -0.4 is 14.8 Å². The van der Waals surface area contributed by atoms with E-state index in [1.165, 1.54) is 13.0 Å². The topological polar surface area (TPSA) is 97.8 Å². The van der Waals surface area contributed by atoms with Crippen LogP contribution in [0, 0.1) is 13.8 Å². The average molecular weight is 462 g/mol. The normalized spacial score (nSPS) is 19.5. The smallest absolute Gasteiger partial charge is 0.404 e. The molecule has 0 saturated heterocycles. The molecule has 1 fully saturated rings. The van der Waals surface area contributed by atoms with Crippen molar-refractivity contribution >= 4 is 17.7 Å². The number of nitrogens with one attached hydrogen (secondary N) is 1. The maximum atomic E-state index is 14.0. The third kappa shape index (κ3) is 3.75. The number of amides is 1. The Balaban J connectivity index is 1.41. The summed E-state index contributed by atoms with van der Waals surface area (Å²) in [5, 5.41) is 12.1. The van der Waals surface area contributed by atoms with Crippen LogP contribution in [0.1, 0.15) is 46.8 Å². The van der Waals surface area contributed by atoms with Crippen molar-refractivity contribution in [3.8, 4) is 22.8 Å². The lowest BCUT2D eigenvalue weighted by Gasteiger charge is -2.17. The van der Waals surface area contributed by atoms with Crippen molar-refractivity contribution in [1.29, 1.82) is 0 Å². The number of carbonyl (C=O) groups excluding carboxylic acids is 1. The van der Waals surface area contributed by atoms with Crippen LogP contribution in [-0.4, -0.2) is 28.0 Å². The van der Waals surface area contributed by atoms with Gasteiger partial charge in [-0.3, -0.25) is 4.79 Å². The minimum Gasteiger partial charge on any atom is -0.478 e. The molecular formula is C26H23FN2O5. The molecule has 2 aromatic carbocycles. The third-order valence-electron chi connectivity index (χ3n) is 6.33. The number of hydrogen-bond acceptors (Lipinski definition) is 5. The van der Waals surface area contributed by atoms with Crippen LogP contribution in [0.2, 0.25) is 0 Å². The van der Waals surface area contributed by atoms with Crippen LogP contribution in [0.4, 0.5) is 10.2 Å². The van der Waals surface area contributed by atoms with E-state index in [0.717, 1.165) is 22.3 Å². The molecule has 1 amide bonds. The molecule has 0 bridgehead atoms. The molecule has 1 aliphatic carbocycles. The highest BCUT2D eigenvalue weighted by Gasteiger charge is 2.52. The van der Waals surface area contributed by atoms with Gasteiger partial charge in [0.1, 0.15) is 5.82 Å². The Hall–Kier alpha value is -3.94. The predicted molar refractivity (Wildman–Crippen MR) is 123 cm³/mol. The number of aromatic nitrogens is 1. The molecule has 2 N–H and O–H groups in total. The van der Waals surface area contributed by atoms with Gasteiger partial charge in [0.15, 0.2) is 11.5 Å². The number of hydrogen-bond donors (Lipinski definition) is 2. The van der Waals surface area contributed by atoms with Crippen LogP contribution in [0.15, 0.2) is 48.5 Å². The zero-order valence-electron chi connectivity index (χ0n) is 18.9. The van der Waals surface area contributed by atoms with E-state index in [1.807, 2.05) is 19.9 Å². The van der Waals surface area contributed by atoms with Gasteiger partial charge in [0.2, 0.25) is 5.91 Å². The minimum atomic E-state index is -2.22. The quantitative estimate of drug-likeness (QED) is 0.544. The van der Waals surface area contributed by atoms with Crippen molar-refractivity contribution in [3.63, 3.8) is 0 Å². The van der Waals surface area contributed by atoms with E-state index in [-0.39, 0.29) is 17.2 Å². The standard InChI is InChI=1S/C26H23FN2O5/c1-14-4-9-21(28-22(14)18-7-5-16(23(30)31)12-15(18)2)29-24(32)26(10-11-26)17-6-8-19-20(13-17)34-25(3,27)33-19/h4-9,12-13H,10-11H2,1-3H3,(H,30,31)(H,28,29,32). The van der Waals surface area contributed by atoms with E-state index in [0.29, 0.717) is 30.1 Å². The van der Waals surface area contributed by atoms with Gasteiger partial charge in [-0.05, 0) is 73.7 Å². The number of halogens is 1. The molecule has 34 heavy (non-hydrogen) atoms. The second-order valence-corrected chi connectivity index (χ2v) is 8.93. The monoisotopic (exact) mass is 462 g/mol. The molecule has 1 saturated carbocycles. The largest absolute Gasteiger partial charge is 0.478 e. The Morgan fingerprint density at radius 1 is 1.00 bits per heavy atom. The average Bonchev–Trinajstić information content (AvgIpc) is 3.52. The zero-order valence-corrected chi connectivity index (χ0v) is 18.9. The summed E-state index contributed by atoms with van der Waals surface area (Å²) in [4.78, 5) is 29.2. The molecule has 1 aromatic heterocycles. The summed E-state index contributed by atoms with van der Waals surface area (Å²) in [7, 11) is 0. The molecule has 7 nitrogen and oxygen atoms in total. The van der Waals surface area contributed by atoms with Gasteiger partial charge in [-0.15, -0.1) is 0 Å². The van der Waals surface area contributed by atoms with Crippen molar-refractivity contribution in [1.82, 2.24) is 4.98 Å². The minimum absolute atomic E-state index is 0.199. The van der Waals surface area contributed by atoms with Crippen molar-refractivity contribution in [3.05, 3.63) is 70.8 Å². The fourth-order valence-corrected chi connectivity index (χ4v) is 4.32. The van der Waals surface area contributed by atoms with E-state index in [2.05, 4.69) is 10.3 Å². The van der Waals surface area contributed by atoms with Gasteiger partial charge in [0.25, 0.3) is 0 Å². The summed E-state index contributed by atoms with van der Waals surface area (Å²) in [5.74, 6) is -0.211. The first-order valence-electron chi connectivity index (χ1n) is 10.9. The van der Waals surface area contributed by atoms with Crippen LogP contribution >= 0.6 is 0 Å². The molecular weight excluding hydrogens is 439 g/mol. The number of aromatic carboxylic acids is 1. The first-order valence-corrected chi connectivity index (χ1v) is 10.9. The summed E-state index contributed by atoms with van der Waals surface area (Å²) in [6.07, 6.45) is 1.31. The van der Waals surface area contributed by atoms with E-state index in [4.69, 9.17) is 9.47 Å². The van der Waals surface area contributed by atoms with E-state index >= 15 is 0 Å². The highest BCUT2D eigenvalue weighted by atomic mass is 19.2. The Bertz CT molecular complexity index is 1350. The number of carbonyl (C=O) groups is 2. The number of carboxylic acids is 1. The first-order chi connectivity index (χ1) is 16.1. The fraction of sp³-hybridized carbons (Fsp3) is 0.269. The summed E-state index contributed by atoms with van der Waals surface area (Å²) >= 11 is 0. The second-order valence-electron chi connectivity index (χ2n) is 8.93. The van der Waals surface area contributed by atoms with Crippen LogP contribution in [0.3, 0.4) is 0 Å². The lowest BCUT2D eigenvalue weighted by molar-refractivity contribution is -0.173. The van der Waals surface area contributed by atoms with Crippen LogP contribution in [0.25, 0.3) is 11.3 Å². The predicted octanol–water partition coefficient (Wildman–Crippen LogP) is 5.15. The number of alkyl halides is 1. The fourth-order valence-electron chi connectivity index (χ4n) is 4.32. The Kier molecular flexibility index (Phi) is 4.86. The number of carboxylic acid groups (broad SMARTS) is 1. The number of nitrogens with zero attached hydrogens (tertiary/aromatic N) is 1. The maximum absolute atomic E-state index is 14.0. The SMILES string of the molecule is Cc1cc(C(=O)O)ccc1-c1nc(NC(=O)C2(c3ccc4c(c3)OC(C)(F)O4)CC2)ccc1C. The number of aryl methyl sites for hydroxylation is 2. The Morgan fingerprint density at radius 3 is 2.41 bits per heavy atom. The summed E-state index contributed by atoms with van der Waals surface area (Å²) in [6.45, 7) is 4.92. The molecule has 2 heterocycles. The van der Waals surface area contributed by atoms with Gasteiger partial charge in [-0.2, -0.15) is 4.39 Å². The molecule has 0 radical (unpaired) electrons.